The predicted molar refractivity (Wildman–Crippen MR) is 82.4 cm³/mol. The van der Waals surface area contributed by atoms with Gasteiger partial charge in [-0.1, -0.05) is 19.3 Å². The lowest BCUT2D eigenvalue weighted by Gasteiger charge is -2.34. The molecule has 1 aliphatic rings. The first kappa shape index (κ1) is 17.0. The number of rotatable bonds is 5. The van der Waals surface area contributed by atoms with Gasteiger partial charge < -0.3 is 4.90 Å². The summed E-state index contributed by atoms with van der Waals surface area (Å²) in [6, 6.07) is 0.182. The number of hydrogen-bond donors (Lipinski definition) is 1. The molecule has 1 saturated carbocycles. The van der Waals surface area contributed by atoms with Crippen LogP contribution in [0.4, 0.5) is 0 Å². The van der Waals surface area contributed by atoms with Crippen LogP contribution in [0.2, 0.25) is 0 Å². The lowest BCUT2D eigenvalue weighted by atomic mass is 9.84. The summed E-state index contributed by atoms with van der Waals surface area (Å²) < 4.78 is 23.7. The van der Waals surface area contributed by atoms with Crippen molar-refractivity contribution in [3.05, 3.63) is 12.4 Å². The van der Waals surface area contributed by atoms with Crippen LogP contribution in [0.1, 0.15) is 39.0 Å². The monoisotopic (exact) mass is 328 g/mol. The average molecular weight is 328 g/mol. The third kappa shape index (κ3) is 4.07. The van der Waals surface area contributed by atoms with E-state index in [-0.39, 0.29) is 23.4 Å². The summed E-state index contributed by atoms with van der Waals surface area (Å²) in [5.74, 6) is 0.461. The molecule has 0 radical (unpaired) electrons. The molecule has 1 aliphatic carbocycles. The molecule has 1 aromatic heterocycles. The van der Waals surface area contributed by atoms with Crippen LogP contribution in [0.25, 0.3) is 0 Å². The van der Waals surface area contributed by atoms with Crippen molar-refractivity contribution in [1.29, 1.82) is 0 Å². The van der Waals surface area contributed by atoms with Crippen LogP contribution in [0.3, 0.4) is 0 Å². The zero-order valence-corrected chi connectivity index (χ0v) is 13.9. The fraction of sp³-hybridized carbons (Fsp3) is 0.714. The molecule has 0 spiro atoms. The highest BCUT2D eigenvalue weighted by Crippen LogP contribution is 2.28. The molecule has 0 aromatic carbocycles. The van der Waals surface area contributed by atoms with Gasteiger partial charge in [0, 0.05) is 19.3 Å². The molecule has 2 rings (SSSR count). The lowest BCUT2D eigenvalue weighted by Crippen LogP contribution is -2.42. The van der Waals surface area contributed by atoms with Crippen LogP contribution in [0.5, 0.6) is 0 Å². The smallest absolute Gasteiger partial charge is 0.244 e. The van der Waals surface area contributed by atoms with Gasteiger partial charge in [0.25, 0.3) is 0 Å². The van der Waals surface area contributed by atoms with Gasteiger partial charge >= 0.3 is 0 Å². The summed E-state index contributed by atoms with van der Waals surface area (Å²) in [5.41, 5.74) is 0. The predicted octanol–water partition coefficient (Wildman–Crippen LogP) is 0.958. The van der Waals surface area contributed by atoms with Gasteiger partial charge in [0.15, 0.2) is 0 Å². The second-order valence-corrected chi connectivity index (χ2v) is 7.62. The van der Waals surface area contributed by atoms with Gasteiger partial charge in [-0.3, -0.25) is 9.48 Å². The molecule has 8 heteroatoms. The van der Waals surface area contributed by atoms with Crippen LogP contribution < -0.4 is 5.14 Å². The van der Waals surface area contributed by atoms with E-state index in [0.29, 0.717) is 5.92 Å². The molecule has 1 amide bonds. The van der Waals surface area contributed by atoms with E-state index in [2.05, 4.69) is 12.0 Å². The molecule has 0 aliphatic heterocycles. The summed E-state index contributed by atoms with van der Waals surface area (Å²) in [6.07, 6.45) is 8.51. The van der Waals surface area contributed by atoms with E-state index in [1.54, 1.807) is 11.9 Å². The highest BCUT2D eigenvalue weighted by molar-refractivity contribution is 7.89. The first-order chi connectivity index (χ1) is 10.3. The number of carbonyl (C=O) groups is 1. The zero-order valence-electron chi connectivity index (χ0n) is 13.1. The fourth-order valence-corrected chi connectivity index (χ4v) is 3.45. The Labute approximate surface area is 131 Å². The van der Waals surface area contributed by atoms with Crippen molar-refractivity contribution in [3.8, 4) is 0 Å². The van der Waals surface area contributed by atoms with Gasteiger partial charge in [-0.25, -0.2) is 13.6 Å². The van der Waals surface area contributed by atoms with Crippen molar-refractivity contribution >= 4 is 15.9 Å². The Morgan fingerprint density at radius 3 is 2.64 bits per heavy atom. The Kier molecular flexibility index (Phi) is 5.23. The molecule has 0 bridgehead atoms. The minimum Gasteiger partial charge on any atom is -0.341 e. The SMILES string of the molecule is CC(C1CCCCC1)N(C)C(=O)Cn1cc(S(N)(=O)=O)cn1. The maximum atomic E-state index is 12.3. The maximum absolute atomic E-state index is 12.3. The Balaban J connectivity index is 1.97. The third-order valence-electron chi connectivity index (χ3n) is 4.57. The van der Waals surface area contributed by atoms with E-state index < -0.39 is 10.0 Å². The second-order valence-electron chi connectivity index (χ2n) is 6.06. The van der Waals surface area contributed by atoms with Crippen molar-refractivity contribution in [2.45, 2.75) is 56.5 Å². The van der Waals surface area contributed by atoms with Crippen LogP contribution in [-0.2, 0) is 21.4 Å². The van der Waals surface area contributed by atoms with Gasteiger partial charge in [0.05, 0.1) is 6.20 Å². The fourth-order valence-electron chi connectivity index (χ4n) is 2.99. The molecule has 1 heterocycles. The lowest BCUT2D eigenvalue weighted by molar-refractivity contribution is -0.133. The van der Waals surface area contributed by atoms with E-state index in [0.717, 1.165) is 19.0 Å². The van der Waals surface area contributed by atoms with Crippen LogP contribution in [-0.4, -0.2) is 42.1 Å². The molecule has 2 N–H and O–H groups in total. The number of nitrogens with two attached hydrogens (primary N) is 1. The molecule has 1 aromatic rings. The molecule has 1 unspecified atom stereocenters. The Morgan fingerprint density at radius 2 is 2.09 bits per heavy atom. The topological polar surface area (TPSA) is 98.3 Å². The molecular formula is C14H24N4O3S. The number of nitrogens with zero attached hydrogens (tertiary/aromatic N) is 3. The number of primary sulfonamides is 1. The number of sulfonamides is 1. The van der Waals surface area contributed by atoms with Gasteiger partial charge in [0.2, 0.25) is 15.9 Å². The van der Waals surface area contributed by atoms with Crippen molar-refractivity contribution in [2.24, 2.45) is 11.1 Å². The van der Waals surface area contributed by atoms with Gasteiger partial charge in [-0.2, -0.15) is 5.10 Å². The summed E-state index contributed by atoms with van der Waals surface area (Å²) in [5, 5.41) is 8.92. The molecule has 7 nitrogen and oxygen atoms in total. The Morgan fingerprint density at radius 1 is 1.45 bits per heavy atom. The van der Waals surface area contributed by atoms with Crippen molar-refractivity contribution in [3.63, 3.8) is 0 Å². The maximum Gasteiger partial charge on any atom is 0.244 e. The van der Waals surface area contributed by atoms with Crippen molar-refractivity contribution in [2.75, 3.05) is 7.05 Å². The molecule has 1 fully saturated rings. The van der Waals surface area contributed by atoms with Crippen LogP contribution in [0.15, 0.2) is 17.3 Å². The van der Waals surface area contributed by atoms with E-state index in [1.165, 1.54) is 30.1 Å². The van der Waals surface area contributed by atoms with Crippen molar-refractivity contribution < 1.29 is 13.2 Å². The minimum absolute atomic E-state index is 0.0169. The average Bonchev–Trinajstić information content (AvgIpc) is 2.95. The van der Waals surface area contributed by atoms with Gasteiger partial charge in [-0.05, 0) is 25.7 Å². The Bertz CT molecular complexity index is 620. The number of aromatic nitrogens is 2. The van der Waals surface area contributed by atoms with E-state index in [9.17, 15) is 13.2 Å². The van der Waals surface area contributed by atoms with E-state index in [4.69, 9.17) is 5.14 Å². The van der Waals surface area contributed by atoms with Gasteiger partial charge in [0.1, 0.15) is 11.4 Å². The largest absolute Gasteiger partial charge is 0.341 e. The molecule has 1 atom stereocenters. The van der Waals surface area contributed by atoms with Crippen LogP contribution >= 0.6 is 0 Å². The zero-order chi connectivity index (χ0) is 16.3. The summed E-state index contributed by atoms with van der Waals surface area (Å²) >= 11 is 0. The van der Waals surface area contributed by atoms with Crippen molar-refractivity contribution in [1.82, 2.24) is 14.7 Å². The number of amides is 1. The first-order valence-electron chi connectivity index (χ1n) is 7.60. The molecular weight excluding hydrogens is 304 g/mol. The number of carbonyl (C=O) groups excluding carboxylic acids is 1. The van der Waals surface area contributed by atoms with Crippen LogP contribution in [0, 0.1) is 5.92 Å². The number of likely N-dealkylation sites (N-methyl/N-ethyl adjacent to an activating group) is 1. The highest BCUT2D eigenvalue weighted by Gasteiger charge is 2.26. The summed E-state index contributed by atoms with van der Waals surface area (Å²) in [6.45, 7) is 2.09. The summed E-state index contributed by atoms with van der Waals surface area (Å²) in [7, 11) is -1.98. The number of hydrogen-bond acceptors (Lipinski definition) is 4. The molecule has 124 valence electrons. The first-order valence-corrected chi connectivity index (χ1v) is 9.14. The second kappa shape index (κ2) is 6.78. The van der Waals surface area contributed by atoms with E-state index in [1.807, 2.05) is 0 Å². The third-order valence-corrected chi connectivity index (χ3v) is 5.44. The van der Waals surface area contributed by atoms with E-state index >= 15 is 0 Å². The summed E-state index contributed by atoms with van der Waals surface area (Å²) in [4.78, 5) is 14.0. The normalized spacial score (nSPS) is 18.1. The molecule has 22 heavy (non-hydrogen) atoms. The van der Waals surface area contributed by atoms with Gasteiger partial charge in [-0.15, -0.1) is 0 Å². The minimum atomic E-state index is -3.78. The highest BCUT2D eigenvalue weighted by atomic mass is 32.2. The quantitative estimate of drug-likeness (QED) is 0.870. The standard InChI is InChI=1S/C14H24N4O3S/c1-11(12-6-4-3-5-7-12)17(2)14(19)10-18-9-13(8-16-18)22(15,20)21/h8-9,11-12H,3-7,10H2,1-2H3,(H2,15,20,21). The molecule has 0 saturated heterocycles. The Hall–Kier alpha value is -1.41.